The van der Waals surface area contributed by atoms with Gasteiger partial charge in [0.25, 0.3) is 0 Å². The molecular formula is C23H26N4OS. The van der Waals surface area contributed by atoms with Crippen LogP contribution < -0.4 is 5.32 Å². The normalized spacial score (nSPS) is 15.3. The van der Waals surface area contributed by atoms with Crippen molar-refractivity contribution in [1.29, 1.82) is 0 Å². The number of thiazole rings is 1. The third kappa shape index (κ3) is 5.49. The van der Waals surface area contributed by atoms with Gasteiger partial charge in [-0.1, -0.05) is 19.1 Å². The van der Waals surface area contributed by atoms with Crippen LogP contribution in [0.1, 0.15) is 31.0 Å². The highest BCUT2D eigenvalue weighted by molar-refractivity contribution is 7.13. The second-order valence-corrected chi connectivity index (χ2v) is 8.62. The Labute approximate surface area is 175 Å². The molecule has 0 spiro atoms. The zero-order chi connectivity index (χ0) is 20.1. The smallest absolute Gasteiger partial charge is 0.230 e. The molecule has 0 bridgehead atoms. The van der Waals surface area contributed by atoms with Gasteiger partial charge < -0.3 is 5.32 Å². The van der Waals surface area contributed by atoms with Gasteiger partial charge in [-0.25, -0.2) is 4.98 Å². The maximum atomic E-state index is 12.4. The summed E-state index contributed by atoms with van der Waals surface area (Å²) in [6.07, 6.45) is 6.36. The number of hydrogen-bond donors (Lipinski definition) is 1. The van der Waals surface area contributed by atoms with Crippen molar-refractivity contribution in [3.05, 3.63) is 65.4 Å². The van der Waals surface area contributed by atoms with Crippen LogP contribution in [0.4, 0.5) is 5.69 Å². The summed E-state index contributed by atoms with van der Waals surface area (Å²) in [5.74, 6) is 0.799. The minimum Gasteiger partial charge on any atom is -0.326 e. The number of nitrogens with zero attached hydrogens (tertiary/aromatic N) is 3. The molecular weight excluding hydrogens is 380 g/mol. The number of benzene rings is 1. The first-order chi connectivity index (χ1) is 14.2. The molecule has 150 valence electrons. The van der Waals surface area contributed by atoms with Crippen LogP contribution in [-0.2, 0) is 17.8 Å². The highest BCUT2D eigenvalue weighted by Gasteiger charge is 2.15. The summed E-state index contributed by atoms with van der Waals surface area (Å²) < 4.78 is 0. The summed E-state index contributed by atoms with van der Waals surface area (Å²) in [5.41, 5.74) is 3.87. The summed E-state index contributed by atoms with van der Waals surface area (Å²) in [4.78, 5) is 23.6. The van der Waals surface area contributed by atoms with Gasteiger partial charge in [0.15, 0.2) is 0 Å². The number of rotatable bonds is 6. The molecule has 1 aromatic carbocycles. The fraction of sp³-hybridized carbons (Fsp3) is 0.348. The molecule has 4 rings (SSSR count). The molecule has 0 saturated carbocycles. The number of aromatic nitrogens is 2. The molecule has 1 amide bonds. The van der Waals surface area contributed by atoms with E-state index in [2.05, 4.69) is 39.2 Å². The predicted molar refractivity (Wildman–Crippen MR) is 118 cm³/mol. The first-order valence-electron chi connectivity index (χ1n) is 10.1. The fourth-order valence-electron chi connectivity index (χ4n) is 3.55. The van der Waals surface area contributed by atoms with Gasteiger partial charge in [-0.2, -0.15) is 0 Å². The second-order valence-electron chi connectivity index (χ2n) is 7.77. The Kier molecular flexibility index (Phi) is 6.32. The van der Waals surface area contributed by atoms with Crippen LogP contribution >= 0.6 is 11.3 Å². The maximum Gasteiger partial charge on any atom is 0.230 e. The Bertz CT molecular complexity index is 931. The molecule has 1 aliphatic heterocycles. The maximum absolute atomic E-state index is 12.4. The van der Waals surface area contributed by atoms with Crippen molar-refractivity contribution in [1.82, 2.24) is 14.9 Å². The predicted octanol–water partition coefficient (Wildman–Crippen LogP) is 4.62. The summed E-state index contributed by atoms with van der Waals surface area (Å²) >= 11 is 1.53. The molecule has 6 heteroatoms. The molecule has 0 radical (unpaired) electrons. The largest absolute Gasteiger partial charge is 0.326 e. The Morgan fingerprint density at radius 2 is 2.00 bits per heavy atom. The van der Waals surface area contributed by atoms with E-state index < -0.39 is 0 Å². The van der Waals surface area contributed by atoms with E-state index in [4.69, 9.17) is 0 Å². The minimum atomic E-state index is -0.0502. The van der Waals surface area contributed by atoms with E-state index in [0.29, 0.717) is 0 Å². The van der Waals surface area contributed by atoms with Crippen molar-refractivity contribution in [3.8, 4) is 10.6 Å². The third-order valence-electron chi connectivity index (χ3n) is 5.32. The van der Waals surface area contributed by atoms with Crippen molar-refractivity contribution < 1.29 is 4.79 Å². The van der Waals surface area contributed by atoms with Gasteiger partial charge in [0, 0.05) is 35.6 Å². The van der Waals surface area contributed by atoms with Crippen molar-refractivity contribution >= 4 is 22.9 Å². The van der Waals surface area contributed by atoms with Crippen molar-refractivity contribution in [2.24, 2.45) is 5.92 Å². The van der Waals surface area contributed by atoms with Crippen LogP contribution in [-0.4, -0.2) is 33.9 Å². The molecule has 1 aliphatic rings. The zero-order valence-electron chi connectivity index (χ0n) is 16.7. The lowest BCUT2D eigenvalue weighted by atomic mass is 9.99. The molecule has 1 fully saturated rings. The minimum absolute atomic E-state index is 0.0502. The van der Waals surface area contributed by atoms with Crippen molar-refractivity contribution in [2.75, 3.05) is 18.4 Å². The first kappa shape index (κ1) is 19.7. The quantitative estimate of drug-likeness (QED) is 0.649. The van der Waals surface area contributed by atoms with E-state index in [1.807, 2.05) is 29.6 Å². The third-order valence-corrected chi connectivity index (χ3v) is 6.26. The van der Waals surface area contributed by atoms with Gasteiger partial charge >= 0.3 is 0 Å². The van der Waals surface area contributed by atoms with Crippen LogP contribution in [0.3, 0.4) is 0 Å². The molecule has 3 heterocycles. The topological polar surface area (TPSA) is 58.1 Å². The van der Waals surface area contributed by atoms with E-state index in [0.717, 1.165) is 34.4 Å². The zero-order valence-corrected chi connectivity index (χ0v) is 17.5. The summed E-state index contributed by atoms with van der Waals surface area (Å²) in [6, 6.07) is 12.1. The Morgan fingerprint density at radius 1 is 1.21 bits per heavy atom. The van der Waals surface area contributed by atoms with E-state index in [1.54, 1.807) is 12.4 Å². The van der Waals surface area contributed by atoms with Gasteiger partial charge in [-0.3, -0.25) is 14.7 Å². The molecule has 1 saturated heterocycles. The number of nitrogens with one attached hydrogen (secondary N) is 1. The highest BCUT2D eigenvalue weighted by atomic mass is 32.1. The van der Waals surface area contributed by atoms with Crippen molar-refractivity contribution in [3.63, 3.8) is 0 Å². The van der Waals surface area contributed by atoms with E-state index in [-0.39, 0.29) is 12.3 Å². The number of piperidine rings is 1. The fourth-order valence-corrected chi connectivity index (χ4v) is 4.36. The van der Waals surface area contributed by atoms with Gasteiger partial charge in [0.2, 0.25) is 5.91 Å². The number of anilines is 1. The van der Waals surface area contributed by atoms with Crippen molar-refractivity contribution in [2.45, 2.75) is 32.7 Å². The number of likely N-dealkylation sites (tertiary alicyclic amines) is 1. The van der Waals surface area contributed by atoms with Gasteiger partial charge in [0.05, 0.1) is 12.1 Å². The van der Waals surface area contributed by atoms with E-state index >= 15 is 0 Å². The number of amides is 1. The summed E-state index contributed by atoms with van der Waals surface area (Å²) in [5, 5.41) is 5.80. The number of hydrogen-bond acceptors (Lipinski definition) is 5. The molecule has 0 atom stereocenters. The number of carbonyl (C=O) groups excluding carboxylic acids is 1. The number of pyridine rings is 1. The van der Waals surface area contributed by atoms with E-state index in [1.165, 1.54) is 42.8 Å². The average molecular weight is 407 g/mol. The SMILES string of the molecule is CC1CCN(Cc2ccc(NC(=O)Cc3csc(-c4cccnc4)n3)cc2)CC1. The van der Waals surface area contributed by atoms with Gasteiger partial charge in [-0.05, 0) is 61.7 Å². The Morgan fingerprint density at radius 3 is 2.72 bits per heavy atom. The van der Waals surface area contributed by atoms with Gasteiger partial charge in [-0.15, -0.1) is 11.3 Å². The highest BCUT2D eigenvalue weighted by Crippen LogP contribution is 2.23. The lowest BCUT2D eigenvalue weighted by Crippen LogP contribution is -2.32. The Balaban J connectivity index is 1.29. The molecule has 2 aromatic heterocycles. The van der Waals surface area contributed by atoms with Crippen LogP contribution in [0.15, 0.2) is 54.2 Å². The second kappa shape index (κ2) is 9.29. The van der Waals surface area contributed by atoms with E-state index in [9.17, 15) is 4.79 Å². The molecule has 5 nitrogen and oxygen atoms in total. The average Bonchev–Trinajstić information content (AvgIpc) is 3.20. The Hall–Kier alpha value is -2.57. The van der Waals surface area contributed by atoms with Crippen LogP contribution in [0, 0.1) is 5.92 Å². The van der Waals surface area contributed by atoms with Crippen LogP contribution in [0.2, 0.25) is 0 Å². The summed E-state index contributed by atoms with van der Waals surface area (Å²) in [7, 11) is 0. The molecule has 0 unspecified atom stereocenters. The molecule has 29 heavy (non-hydrogen) atoms. The standard InChI is InChI=1S/C23H26N4OS/c1-17-8-11-27(12-9-17)15-18-4-6-20(7-5-18)25-22(28)13-21-16-29-23(26-21)19-3-2-10-24-14-19/h2-7,10,14,16-17H,8-9,11-13,15H2,1H3,(H,25,28). The summed E-state index contributed by atoms with van der Waals surface area (Å²) in [6.45, 7) is 5.67. The molecule has 3 aromatic rings. The van der Waals surface area contributed by atoms with Gasteiger partial charge in [0.1, 0.15) is 5.01 Å². The van der Waals surface area contributed by atoms with Crippen LogP contribution in [0.25, 0.3) is 10.6 Å². The molecule has 0 aliphatic carbocycles. The number of carbonyl (C=O) groups is 1. The lowest BCUT2D eigenvalue weighted by Gasteiger charge is -2.30. The first-order valence-corrected chi connectivity index (χ1v) is 11.0. The van der Waals surface area contributed by atoms with Crippen LogP contribution in [0.5, 0.6) is 0 Å². The lowest BCUT2D eigenvalue weighted by molar-refractivity contribution is -0.115. The monoisotopic (exact) mass is 406 g/mol. The molecule has 1 N–H and O–H groups in total.